The fourth-order valence-corrected chi connectivity index (χ4v) is 1.90. The molecule has 0 fully saturated rings. The van der Waals surface area contributed by atoms with E-state index in [1.807, 2.05) is 6.92 Å². The second kappa shape index (κ2) is 5.60. The molecule has 0 saturated carbocycles. The summed E-state index contributed by atoms with van der Waals surface area (Å²) < 4.78 is 13.7. The van der Waals surface area contributed by atoms with E-state index in [1.165, 1.54) is 0 Å². The molecule has 2 aromatic rings. The van der Waals surface area contributed by atoms with E-state index in [0.29, 0.717) is 17.9 Å². The average molecular weight is 278 g/mol. The Hall–Kier alpha value is -2.57. The minimum atomic E-state index is -1.35. The van der Waals surface area contributed by atoms with E-state index in [4.69, 9.17) is 10.8 Å². The molecule has 20 heavy (non-hydrogen) atoms. The lowest BCUT2D eigenvalue weighted by Crippen LogP contribution is -2.14. The number of anilines is 2. The molecule has 1 unspecified atom stereocenters. The van der Waals surface area contributed by atoms with E-state index in [2.05, 4.69) is 15.3 Å². The molecular weight excluding hydrogens is 263 g/mol. The van der Waals surface area contributed by atoms with E-state index in [-0.39, 0.29) is 11.7 Å². The predicted octanol–water partition coefficient (Wildman–Crippen LogP) is 2.39. The number of carbonyl (C=O) groups is 1. The molecule has 0 bridgehead atoms. The first-order valence-corrected chi connectivity index (χ1v) is 6.11. The van der Waals surface area contributed by atoms with E-state index in [9.17, 15) is 9.18 Å². The Labute approximate surface area is 114 Å². The highest BCUT2D eigenvalue weighted by atomic mass is 19.1. The number of halogens is 1. The zero-order valence-corrected chi connectivity index (χ0v) is 10.9. The summed E-state index contributed by atoms with van der Waals surface area (Å²) in [5.41, 5.74) is 5.83. The smallest absolute Gasteiger partial charge is 0.338 e. The zero-order chi connectivity index (χ0) is 14.7. The topological polar surface area (TPSA) is 104 Å². The lowest BCUT2D eigenvalue weighted by Gasteiger charge is -2.18. The molecule has 2 rings (SSSR count). The van der Waals surface area contributed by atoms with Crippen molar-refractivity contribution in [2.24, 2.45) is 0 Å². The molecule has 1 aromatic carbocycles. The summed E-state index contributed by atoms with van der Waals surface area (Å²) in [7, 11) is 0. The quantitative estimate of drug-likeness (QED) is 0.629. The number of aromatic carboxylic acids is 1. The maximum Gasteiger partial charge on any atom is 0.338 e. The van der Waals surface area contributed by atoms with Crippen LogP contribution in [-0.2, 0) is 0 Å². The SMILES string of the molecule is CCC(Nc1cc(F)c(C(=O)O)cc1N)c1ncc[nH]1. The molecule has 1 heterocycles. The van der Waals surface area contributed by atoms with Gasteiger partial charge in [0.25, 0.3) is 0 Å². The second-order valence-electron chi connectivity index (χ2n) is 4.30. The highest BCUT2D eigenvalue weighted by molar-refractivity contribution is 5.90. The number of carboxylic acids is 1. The molecule has 7 heteroatoms. The second-order valence-corrected chi connectivity index (χ2v) is 4.30. The van der Waals surface area contributed by atoms with Gasteiger partial charge >= 0.3 is 5.97 Å². The van der Waals surface area contributed by atoms with Crippen molar-refractivity contribution < 1.29 is 14.3 Å². The fourth-order valence-electron chi connectivity index (χ4n) is 1.90. The van der Waals surface area contributed by atoms with Crippen molar-refractivity contribution in [3.63, 3.8) is 0 Å². The van der Waals surface area contributed by atoms with Crippen molar-refractivity contribution in [3.8, 4) is 0 Å². The fraction of sp³-hybridized carbons (Fsp3) is 0.231. The van der Waals surface area contributed by atoms with Gasteiger partial charge in [-0.1, -0.05) is 6.92 Å². The Morgan fingerprint density at radius 3 is 2.90 bits per heavy atom. The maximum absolute atomic E-state index is 13.7. The van der Waals surface area contributed by atoms with Crippen LogP contribution in [-0.4, -0.2) is 21.0 Å². The number of nitrogen functional groups attached to an aromatic ring is 1. The van der Waals surface area contributed by atoms with Crippen LogP contribution in [0, 0.1) is 5.82 Å². The maximum atomic E-state index is 13.7. The van der Waals surface area contributed by atoms with Gasteiger partial charge in [0.1, 0.15) is 11.6 Å². The van der Waals surface area contributed by atoms with Gasteiger partial charge in [0.2, 0.25) is 0 Å². The van der Waals surface area contributed by atoms with Crippen molar-refractivity contribution in [3.05, 3.63) is 41.7 Å². The summed E-state index contributed by atoms with van der Waals surface area (Å²) in [6.45, 7) is 1.94. The van der Waals surface area contributed by atoms with Gasteiger partial charge in [-0.05, 0) is 18.6 Å². The number of carboxylic acid groups (broad SMARTS) is 1. The summed E-state index contributed by atoms with van der Waals surface area (Å²) in [4.78, 5) is 17.9. The van der Waals surface area contributed by atoms with Crippen LogP contribution in [0.5, 0.6) is 0 Å². The molecule has 0 aliphatic carbocycles. The summed E-state index contributed by atoms with van der Waals surface area (Å²) in [6, 6.07) is 2.03. The first kappa shape index (κ1) is 13.9. The Morgan fingerprint density at radius 1 is 1.60 bits per heavy atom. The molecule has 106 valence electrons. The Balaban J connectivity index is 2.29. The number of nitrogens with one attached hydrogen (secondary N) is 2. The lowest BCUT2D eigenvalue weighted by molar-refractivity contribution is 0.0692. The first-order chi connectivity index (χ1) is 9.52. The van der Waals surface area contributed by atoms with E-state index in [1.54, 1.807) is 12.4 Å². The van der Waals surface area contributed by atoms with Crippen LogP contribution in [0.15, 0.2) is 24.5 Å². The summed E-state index contributed by atoms with van der Waals surface area (Å²) in [5, 5.41) is 11.9. The van der Waals surface area contributed by atoms with Crippen molar-refractivity contribution in [2.45, 2.75) is 19.4 Å². The minimum absolute atomic E-state index is 0.164. The molecule has 0 amide bonds. The highest BCUT2D eigenvalue weighted by Crippen LogP contribution is 2.27. The van der Waals surface area contributed by atoms with Gasteiger partial charge in [-0.25, -0.2) is 14.2 Å². The number of hydrogen-bond acceptors (Lipinski definition) is 4. The van der Waals surface area contributed by atoms with Crippen LogP contribution in [0.1, 0.15) is 35.6 Å². The van der Waals surface area contributed by atoms with Gasteiger partial charge in [-0.3, -0.25) is 0 Å². The third-order valence-corrected chi connectivity index (χ3v) is 2.96. The van der Waals surface area contributed by atoms with Crippen LogP contribution in [0.3, 0.4) is 0 Å². The van der Waals surface area contributed by atoms with Gasteiger partial charge in [-0.2, -0.15) is 0 Å². The van der Waals surface area contributed by atoms with Crippen LogP contribution in [0.4, 0.5) is 15.8 Å². The monoisotopic (exact) mass is 278 g/mol. The molecule has 0 radical (unpaired) electrons. The van der Waals surface area contributed by atoms with E-state index >= 15 is 0 Å². The third kappa shape index (κ3) is 2.71. The van der Waals surface area contributed by atoms with Gasteiger partial charge in [0.15, 0.2) is 0 Å². The lowest BCUT2D eigenvalue weighted by atomic mass is 10.1. The Bertz CT molecular complexity index is 613. The summed E-state index contributed by atoms with van der Waals surface area (Å²) in [5.74, 6) is -1.48. The molecule has 1 atom stereocenters. The molecule has 5 N–H and O–H groups in total. The number of nitrogens with two attached hydrogens (primary N) is 1. The third-order valence-electron chi connectivity index (χ3n) is 2.96. The van der Waals surface area contributed by atoms with Crippen LogP contribution >= 0.6 is 0 Å². The van der Waals surface area contributed by atoms with Gasteiger partial charge in [0, 0.05) is 12.4 Å². The zero-order valence-electron chi connectivity index (χ0n) is 10.9. The molecule has 1 aromatic heterocycles. The molecule has 0 aliphatic heterocycles. The highest BCUT2D eigenvalue weighted by Gasteiger charge is 2.17. The first-order valence-electron chi connectivity index (χ1n) is 6.11. The Kier molecular flexibility index (Phi) is 3.88. The van der Waals surface area contributed by atoms with Gasteiger partial charge in [-0.15, -0.1) is 0 Å². The molecule has 0 aliphatic rings. The summed E-state index contributed by atoms with van der Waals surface area (Å²) in [6.07, 6.45) is 4.02. The van der Waals surface area contributed by atoms with Crippen molar-refractivity contribution >= 4 is 17.3 Å². The summed E-state index contributed by atoms with van der Waals surface area (Å²) >= 11 is 0. The number of aromatic amines is 1. The Morgan fingerprint density at radius 2 is 2.35 bits per heavy atom. The van der Waals surface area contributed by atoms with Crippen LogP contribution < -0.4 is 11.1 Å². The van der Waals surface area contributed by atoms with Crippen molar-refractivity contribution in [1.29, 1.82) is 0 Å². The number of imidazole rings is 1. The number of benzene rings is 1. The van der Waals surface area contributed by atoms with Crippen molar-refractivity contribution in [2.75, 3.05) is 11.1 Å². The van der Waals surface area contributed by atoms with Gasteiger partial charge in [0.05, 0.1) is 23.0 Å². The number of hydrogen-bond donors (Lipinski definition) is 4. The van der Waals surface area contributed by atoms with E-state index in [0.717, 1.165) is 12.1 Å². The minimum Gasteiger partial charge on any atom is -0.478 e. The predicted molar refractivity (Wildman–Crippen MR) is 73.0 cm³/mol. The molecule has 0 spiro atoms. The van der Waals surface area contributed by atoms with Gasteiger partial charge < -0.3 is 21.1 Å². The number of nitrogens with zero attached hydrogens (tertiary/aromatic N) is 1. The number of rotatable bonds is 5. The number of H-pyrrole nitrogens is 1. The van der Waals surface area contributed by atoms with E-state index < -0.39 is 17.3 Å². The standard InChI is InChI=1S/C13H15FN4O2/c1-2-10(12-16-3-4-17-12)18-11-6-8(14)7(13(19)20)5-9(11)15/h3-6,10,18H,2,15H2,1H3,(H,16,17)(H,19,20). The molecular formula is C13H15FN4O2. The molecule has 0 saturated heterocycles. The number of aromatic nitrogens is 2. The normalized spacial score (nSPS) is 12.1. The van der Waals surface area contributed by atoms with Crippen LogP contribution in [0.25, 0.3) is 0 Å². The van der Waals surface area contributed by atoms with Crippen molar-refractivity contribution in [1.82, 2.24) is 9.97 Å². The largest absolute Gasteiger partial charge is 0.478 e. The van der Waals surface area contributed by atoms with Crippen LogP contribution in [0.2, 0.25) is 0 Å². The average Bonchev–Trinajstić information content (AvgIpc) is 2.92. The molecule has 6 nitrogen and oxygen atoms in total.